The number of amides is 2. The van der Waals surface area contributed by atoms with Crippen LogP contribution in [-0.4, -0.2) is 92.3 Å². The first-order valence-corrected chi connectivity index (χ1v) is 12.0. The number of benzene rings is 1. The molecule has 1 saturated heterocycles. The third kappa shape index (κ3) is 5.26. The van der Waals surface area contributed by atoms with Gasteiger partial charge in [-0.1, -0.05) is 18.2 Å². The van der Waals surface area contributed by atoms with Gasteiger partial charge in [0.05, 0.1) is 13.7 Å². The largest absolute Gasteiger partial charge is 0.452 e. The molecule has 2 amide bonds. The number of carbonyl (C=O) groups is 2. The lowest BCUT2D eigenvalue weighted by molar-refractivity contribution is -0.0586. The summed E-state index contributed by atoms with van der Waals surface area (Å²) in [4.78, 5) is 28.7. The van der Waals surface area contributed by atoms with Crippen LogP contribution in [0.5, 0.6) is 0 Å². The Morgan fingerprint density at radius 3 is 2.59 bits per heavy atom. The Morgan fingerprint density at radius 2 is 1.91 bits per heavy atom. The van der Waals surface area contributed by atoms with Gasteiger partial charge in [-0.15, -0.1) is 5.12 Å². The van der Waals surface area contributed by atoms with Gasteiger partial charge in [-0.25, -0.2) is 10.2 Å². The van der Waals surface area contributed by atoms with Crippen molar-refractivity contribution < 1.29 is 19.1 Å². The van der Waals surface area contributed by atoms with E-state index in [1.807, 2.05) is 25.1 Å². The van der Waals surface area contributed by atoms with Gasteiger partial charge in [0, 0.05) is 55.5 Å². The summed E-state index contributed by atoms with van der Waals surface area (Å²) < 4.78 is 10.5. The normalized spacial score (nSPS) is 24.3. The summed E-state index contributed by atoms with van der Waals surface area (Å²) in [5.41, 5.74) is 5.78. The van der Waals surface area contributed by atoms with Crippen LogP contribution in [0.2, 0.25) is 0 Å². The van der Waals surface area contributed by atoms with Crippen LogP contribution in [-0.2, 0) is 9.47 Å². The van der Waals surface area contributed by atoms with Crippen molar-refractivity contribution in [2.45, 2.75) is 44.4 Å². The molecule has 186 valence electrons. The van der Waals surface area contributed by atoms with Gasteiger partial charge in [-0.3, -0.25) is 4.79 Å². The van der Waals surface area contributed by atoms with Crippen LogP contribution in [0.3, 0.4) is 0 Å². The van der Waals surface area contributed by atoms with Gasteiger partial charge in [0.1, 0.15) is 6.17 Å². The van der Waals surface area contributed by atoms with E-state index in [1.54, 1.807) is 24.4 Å². The van der Waals surface area contributed by atoms with Crippen LogP contribution in [0.15, 0.2) is 41.6 Å². The summed E-state index contributed by atoms with van der Waals surface area (Å²) in [6.45, 7) is 6.10. The maximum Gasteiger partial charge on any atom is 0.429 e. The maximum atomic E-state index is 13.3. The van der Waals surface area contributed by atoms with Crippen molar-refractivity contribution in [2.24, 2.45) is 0 Å². The number of ether oxygens (including phenoxy) is 2. The van der Waals surface area contributed by atoms with Gasteiger partial charge in [-0.2, -0.15) is 5.01 Å². The molecule has 0 bridgehead atoms. The Bertz CT molecular complexity index is 889. The second-order valence-electron chi connectivity index (χ2n) is 9.02. The number of likely N-dealkylation sites (tertiary alicyclic amines) is 1. The van der Waals surface area contributed by atoms with Gasteiger partial charge in [0.2, 0.25) is 0 Å². The topological polar surface area (TPSA) is 98.4 Å². The molecule has 3 atom stereocenters. The van der Waals surface area contributed by atoms with Crippen molar-refractivity contribution in [2.75, 3.05) is 47.0 Å². The van der Waals surface area contributed by atoms with E-state index in [0.717, 1.165) is 37.4 Å². The number of nitrogens with one attached hydrogen (secondary N) is 3. The van der Waals surface area contributed by atoms with Crippen LogP contribution >= 0.6 is 0 Å². The predicted octanol–water partition coefficient (Wildman–Crippen LogP) is 1.29. The van der Waals surface area contributed by atoms with Crippen molar-refractivity contribution in [1.82, 2.24) is 31.1 Å². The second kappa shape index (κ2) is 11.3. The molecule has 4 rings (SSSR count). The standard InChI is InChI=1S/C24H36N6O4/c1-17(16-33-2)27-30-22(26-23(31)18-9-5-4-6-10-18)21-19(15-28-13-7-8-14-28)25-12-11-20(21)29(30)24(32)34-3/h4-6,9-10,17,19,22,25,27H,7-8,11-16H2,1-3H3,(H,26,31). The van der Waals surface area contributed by atoms with E-state index in [2.05, 4.69) is 21.0 Å². The zero-order valence-electron chi connectivity index (χ0n) is 20.3. The minimum absolute atomic E-state index is 0.000360. The van der Waals surface area contributed by atoms with Gasteiger partial charge >= 0.3 is 6.09 Å². The van der Waals surface area contributed by atoms with Crippen LogP contribution in [0.4, 0.5) is 4.79 Å². The molecule has 3 heterocycles. The summed E-state index contributed by atoms with van der Waals surface area (Å²) in [5, 5.41) is 10.0. The minimum Gasteiger partial charge on any atom is -0.452 e. The van der Waals surface area contributed by atoms with Crippen molar-refractivity contribution in [3.8, 4) is 0 Å². The SMILES string of the molecule is COCC(C)NN1C(NC(=O)c2ccccc2)C2=C(CCNC2CN2CCCC2)N1C(=O)OC. The highest BCUT2D eigenvalue weighted by molar-refractivity contribution is 5.94. The zero-order valence-corrected chi connectivity index (χ0v) is 20.3. The molecule has 1 aromatic rings. The Kier molecular flexibility index (Phi) is 8.17. The Morgan fingerprint density at radius 1 is 1.18 bits per heavy atom. The lowest BCUT2D eigenvalue weighted by Gasteiger charge is -2.35. The highest BCUT2D eigenvalue weighted by Crippen LogP contribution is 2.35. The fourth-order valence-electron chi connectivity index (χ4n) is 5.03. The first kappa shape index (κ1) is 24.6. The number of rotatable bonds is 8. The van der Waals surface area contributed by atoms with Crippen LogP contribution in [0.1, 0.15) is 36.5 Å². The lowest BCUT2D eigenvalue weighted by Crippen LogP contribution is -2.62. The van der Waals surface area contributed by atoms with Crippen molar-refractivity contribution >= 4 is 12.0 Å². The molecule has 3 unspecified atom stereocenters. The van der Waals surface area contributed by atoms with Gasteiger partial charge < -0.3 is 25.0 Å². The summed E-state index contributed by atoms with van der Waals surface area (Å²) in [6, 6.07) is 9.00. The third-order valence-electron chi connectivity index (χ3n) is 6.53. The number of hydrogen-bond donors (Lipinski definition) is 3. The smallest absolute Gasteiger partial charge is 0.429 e. The van der Waals surface area contributed by atoms with E-state index in [9.17, 15) is 9.59 Å². The molecule has 0 radical (unpaired) electrons. The van der Waals surface area contributed by atoms with Gasteiger partial charge in [0.25, 0.3) is 5.91 Å². The number of carbonyl (C=O) groups excluding carboxylic acids is 2. The van der Waals surface area contributed by atoms with E-state index < -0.39 is 12.3 Å². The fraction of sp³-hybridized carbons (Fsp3) is 0.583. The Labute approximate surface area is 201 Å². The van der Waals surface area contributed by atoms with Crippen molar-refractivity contribution in [1.29, 1.82) is 0 Å². The number of hydrazine groups is 2. The number of methoxy groups -OCH3 is 2. The molecule has 3 aliphatic heterocycles. The van der Waals surface area contributed by atoms with E-state index in [0.29, 0.717) is 18.6 Å². The summed E-state index contributed by atoms with van der Waals surface area (Å²) in [6.07, 6.45) is 1.98. The molecule has 1 aromatic carbocycles. The molecule has 0 aliphatic carbocycles. The van der Waals surface area contributed by atoms with Crippen LogP contribution in [0, 0.1) is 0 Å². The van der Waals surface area contributed by atoms with E-state index in [-0.39, 0.29) is 18.0 Å². The molecule has 10 heteroatoms. The van der Waals surface area contributed by atoms with Crippen molar-refractivity contribution in [3.05, 3.63) is 47.2 Å². The van der Waals surface area contributed by atoms with Crippen LogP contribution in [0.25, 0.3) is 0 Å². The Hall–Kier alpha value is -2.50. The predicted molar refractivity (Wildman–Crippen MR) is 127 cm³/mol. The molecule has 0 aromatic heterocycles. The fourth-order valence-corrected chi connectivity index (χ4v) is 5.03. The molecule has 1 fully saturated rings. The summed E-state index contributed by atoms with van der Waals surface area (Å²) >= 11 is 0. The molecule has 10 nitrogen and oxygen atoms in total. The highest BCUT2D eigenvalue weighted by Gasteiger charge is 2.48. The maximum absolute atomic E-state index is 13.3. The van der Waals surface area contributed by atoms with Crippen LogP contribution < -0.4 is 16.1 Å². The molecule has 0 spiro atoms. The summed E-state index contributed by atoms with van der Waals surface area (Å²) in [5.74, 6) is -0.208. The first-order valence-electron chi connectivity index (χ1n) is 12.0. The average Bonchev–Trinajstić information content (AvgIpc) is 3.46. The van der Waals surface area contributed by atoms with E-state index >= 15 is 0 Å². The molecule has 0 saturated carbocycles. The average molecular weight is 473 g/mol. The number of nitrogens with zero attached hydrogens (tertiary/aromatic N) is 3. The Balaban J connectivity index is 1.69. The van der Waals surface area contributed by atoms with Gasteiger partial charge in [0.15, 0.2) is 0 Å². The van der Waals surface area contributed by atoms with Crippen molar-refractivity contribution in [3.63, 3.8) is 0 Å². The highest BCUT2D eigenvalue weighted by atomic mass is 16.5. The molecule has 34 heavy (non-hydrogen) atoms. The number of hydrogen-bond acceptors (Lipinski definition) is 8. The molecule has 3 N–H and O–H groups in total. The third-order valence-corrected chi connectivity index (χ3v) is 6.53. The summed E-state index contributed by atoms with van der Waals surface area (Å²) in [7, 11) is 3.01. The quantitative estimate of drug-likeness (QED) is 0.521. The monoisotopic (exact) mass is 472 g/mol. The van der Waals surface area contributed by atoms with Gasteiger partial charge in [-0.05, 0) is 45.0 Å². The minimum atomic E-state index is -0.568. The molecule has 3 aliphatic rings. The lowest BCUT2D eigenvalue weighted by atomic mass is 9.96. The zero-order chi connectivity index (χ0) is 24.1. The first-order chi connectivity index (χ1) is 16.5. The molecular weight excluding hydrogens is 436 g/mol. The van der Waals surface area contributed by atoms with E-state index in [1.165, 1.54) is 25.0 Å². The van der Waals surface area contributed by atoms with E-state index in [4.69, 9.17) is 9.47 Å². The second-order valence-corrected chi connectivity index (χ2v) is 9.02. The molecular formula is C24H36N6O4.